The van der Waals surface area contributed by atoms with E-state index in [2.05, 4.69) is 18.8 Å². The van der Waals surface area contributed by atoms with E-state index in [1.165, 1.54) is 0 Å². The maximum absolute atomic E-state index is 9.15. The lowest BCUT2D eigenvalue weighted by Crippen LogP contribution is -2.15. The smallest absolute Gasteiger partial charge is 0.0701 e. The molecule has 0 aliphatic heterocycles. The Morgan fingerprint density at radius 2 is 2.20 bits per heavy atom. The molecule has 2 nitrogen and oxygen atoms in total. The van der Waals surface area contributed by atoms with Gasteiger partial charge in [0, 0.05) is 17.3 Å². The molecule has 15 heavy (non-hydrogen) atoms. The summed E-state index contributed by atoms with van der Waals surface area (Å²) in [7, 11) is 0. The maximum Gasteiger partial charge on any atom is 0.0701 e. The fourth-order valence-corrected chi connectivity index (χ4v) is 1.50. The van der Waals surface area contributed by atoms with E-state index in [0.717, 1.165) is 24.1 Å². The molecule has 1 aromatic carbocycles. The van der Waals surface area contributed by atoms with E-state index in [0.29, 0.717) is 6.04 Å². The predicted octanol–water partition coefficient (Wildman–Crippen LogP) is 2.95. The molecule has 0 radical (unpaired) electrons. The third-order valence-corrected chi connectivity index (χ3v) is 2.39. The molecule has 2 N–H and O–H groups in total. The maximum atomic E-state index is 9.15. The molecule has 0 aliphatic carbocycles. The van der Waals surface area contributed by atoms with Gasteiger partial charge in [-0.1, -0.05) is 24.3 Å². The molecule has 0 fully saturated rings. The number of aliphatic hydroxyl groups is 1. The highest BCUT2D eigenvalue weighted by molar-refractivity contribution is 5.51. The number of hydrogen-bond acceptors (Lipinski definition) is 2. The van der Waals surface area contributed by atoms with Gasteiger partial charge in [0.2, 0.25) is 0 Å². The van der Waals surface area contributed by atoms with E-state index in [1.807, 2.05) is 30.3 Å². The normalized spacial score (nSPS) is 12.1. The first-order valence-corrected chi connectivity index (χ1v) is 5.34. The van der Waals surface area contributed by atoms with Crippen molar-refractivity contribution in [1.29, 1.82) is 0 Å². The summed E-state index contributed by atoms with van der Waals surface area (Å²) < 4.78 is 0. The second kappa shape index (κ2) is 6.25. The van der Waals surface area contributed by atoms with E-state index in [1.54, 1.807) is 0 Å². The lowest BCUT2D eigenvalue weighted by Gasteiger charge is -2.16. The number of hydrogen-bond donors (Lipinski definition) is 2. The fraction of sp³-hybridized carbons (Fsp3) is 0.385. The first kappa shape index (κ1) is 11.8. The van der Waals surface area contributed by atoms with E-state index in [4.69, 9.17) is 5.11 Å². The minimum atomic E-state index is 0.0807. The van der Waals surface area contributed by atoms with Gasteiger partial charge in [-0.15, -0.1) is 6.58 Å². The van der Waals surface area contributed by atoms with Crippen molar-refractivity contribution in [3.63, 3.8) is 0 Å². The van der Waals surface area contributed by atoms with Crippen LogP contribution in [0.4, 0.5) is 5.69 Å². The zero-order chi connectivity index (χ0) is 11.1. The quantitative estimate of drug-likeness (QED) is 0.700. The second-order valence-corrected chi connectivity index (χ2v) is 3.73. The Bertz CT molecular complexity index is 309. The average Bonchev–Trinajstić information content (AvgIpc) is 2.27. The van der Waals surface area contributed by atoms with Crippen LogP contribution >= 0.6 is 0 Å². The van der Waals surface area contributed by atoms with Crippen LogP contribution in [0.3, 0.4) is 0 Å². The van der Waals surface area contributed by atoms with Crippen molar-refractivity contribution in [2.45, 2.75) is 32.4 Å². The van der Waals surface area contributed by atoms with Crippen molar-refractivity contribution in [3.05, 3.63) is 42.5 Å². The summed E-state index contributed by atoms with van der Waals surface area (Å²) in [5, 5.41) is 12.5. The Morgan fingerprint density at radius 1 is 1.47 bits per heavy atom. The standard InChI is InChI=1S/C13H19NO/c1-3-4-7-11(2)14-13-9-6-5-8-12(13)10-15/h3,5-6,8-9,11,14-15H,1,4,7,10H2,2H3. The number of para-hydroxylation sites is 1. The molecule has 2 heteroatoms. The highest BCUT2D eigenvalue weighted by Gasteiger charge is 2.04. The van der Waals surface area contributed by atoms with Crippen LogP contribution in [0.2, 0.25) is 0 Å². The third kappa shape index (κ3) is 3.76. The summed E-state index contributed by atoms with van der Waals surface area (Å²) in [6.45, 7) is 5.92. The van der Waals surface area contributed by atoms with Gasteiger partial charge in [-0.05, 0) is 25.8 Å². The molecule has 82 valence electrons. The Kier molecular flexibility index (Phi) is 4.91. The van der Waals surface area contributed by atoms with Crippen LogP contribution < -0.4 is 5.32 Å². The van der Waals surface area contributed by atoms with Gasteiger partial charge in [-0.3, -0.25) is 0 Å². The van der Waals surface area contributed by atoms with E-state index in [9.17, 15) is 0 Å². The molecule has 0 spiro atoms. The van der Waals surface area contributed by atoms with E-state index in [-0.39, 0.29) is 6.61 Å². The summed E-state index contributed by atoms with van der Waals surface area (Å²) in [6.07, 6.45) is 3.99. The molecular formula is C13H19NO. The second-order valence-electron chi connectivity index (χ2n) is 3.73. The molecule has 0 amide bonds. The summed E-state index contributed by atoms with van der Waals surface area (Å²) in [5.41, 5.74) is 1.97. The third-order valence-electron chi connectivity index (χ3n) is 2.39. The largest absolute Gasteiger partial charge is 0.392 e. The topological polar surface area (TPSA) is 32.3 Å². The Balaban J connectivity index is 2.58. The Morgan fingerprint density at radius 3 is 2.87 bits per heavy atom. The zero-order valence-electron chi connectivity index (χ0n) is 9.24. The molecule has 0 saturated carbocycles. The number of nitrogens with one attached hydrogen (secondary N) is 1. The molecule has 1 aromatic rings. The van der Waals surface area contributed by atoms with Crippen molar-refractivity contribution in [3.8, 4) is 0 Å². The molecular weight excluding hydrogens is 186 g/mol. The predicted molar refractivity (Wildman–Crippen MR) is 64.9 cm³/mol. The van der Waals surface area contributed by atoms with Gasteiger partial charge in [0.25, 0.3) is 0 Å². The highest BCUT2D eigenvalue weighted by atomic mass is 16.3. The van der Waals surface area contributed by atoms with Gasteiger partial charge in [0.15, 0.2) is 0 Å². The van der Waals surface area contributed by atoms with Crippen LogP contribution in [0.25, 0.3) is 0 Å². The SMILES string of the molecule is C=CCCC(C)Nc1ccccc1CO. The van der Waals surface area contributed by atoms with Crippen molar-refractivity contribution >= 4 is 5.69 Å². The number of anilines is 1. The van der Waals surface area contributed by atoms with Crippen LogP contribution in [0.5, 0.6) is 0 Å². The lowest BCUT2D eigenvalue weighted by atomic mass is 10.1. The van der Waals surface area contributed by atoms with Gasteiger partial charge in [0.05, 0.1) is 6.61 Å². The number of allylic oxidation sites excluding steroid dienone is 1. The summed E-state index contributed by atoms with van der Waals surface area (Å²) >= 11 is 0. The van der Waals surface area contributed by atoms with Gasteiger partial charge < -0.3 is 10.4 Å². The molecule has 0 aromatic heterocycles. The van der Waals surface area contributed by atoms with Crippen molar-refractivity contribution in [2.75, 3.05) is 5.32 Å². The molecule has 0 saturated heterocycles. The minimum absolute atomic E-state index is 0.0807. The first-order chi connectivity index (χ1) is 7.27. The average molecular weight is 205 g/mol. The first-order valence-electron chi connectivity index (χ1n) is 5.34. The molecule has 1 unspecified atom stereocenters. The highest BCUT2D eigenvalue weighted by Crippen LogP contribution is 2.16. The Hall–Kier alpha value is -1.28. The van der Waals surface area contributed by atoms with Gasteiger partial charge in [0.1, 0.15) is 0 Å². The van der Waals surface area contributed by atoms with Gasteiger partial charge in [-0.2, -0.15) is 0 Å². The molecule has 1 rings (SSSR count). The summed E-state index contributed by atoms with van der Waals surface area (Å²) in [5.74, 6) is 0. The van der Waals surface area contributed by atoms with Gasteiger partial charge >= 0.3 is 0 Å². The fourth-order valence-electron chi connectivity index (χ4n) is 1.50. The molecule has 1 atom stereocenters. The number of rotatable bonds is 6. The molecule has 0 bridgehead atoms. The van der Waals surface area contributed by atoms with Crippen molar-refractivity contribution in [1.82, 2.24) is 0 Å². The lowest BCUT2D eigenvalue weighted by molar-refractivity contribution is 0.282. The van der Waals surface area contributed by atoms with Crippen molar-refractivity contribution < 1.29 is 5.11 Å². The summed E-state index contributed by atoms with van der Waals surface area (Å²) in [4.78, 5) is 0. The van der Waals surface area contributed by atoms with Crippen LogP contribution in [-0.4, -0.2) is 11.1 Å². The van der Waals surface area contributed by atoms with Crippen LogP contribution in [0.15, 0.2) is 36.9 Å². The number of benzene rings is 1. The monoisotopic (exact) mass is 205 g/mol. The Labute approximate surface area is 91.6 Å². The van der Waals surface area contributed by atoms with E-state index < -0.39 is 0 Å². The summed E-state index contributed by atoms with van der Waals surface area (Å²) in [6, 6.07) is 8.24. The van der Waals surface area contributed by atoms with Crippen LogP contribution in [0.1, 0.15) is 25.3 Å². The zero-order valence-corrected chi connectivity index (χ0v) is 9.24. The minimum Gasteiger partial charge on any atom is -0.392 e. The van der Waals surface area contributed by atoms with Crippen molar-refractivity contribution in [2.24, 2.45) is 0 Å². The van der Waals surface area contributed by atoms with Gasteiger partial charge in [-0.25, -0.2) is 0 Å². The van der Waals surface area contributed by atoms with Crippen LogP contribution in [0, 0.1) is 0 Å². The number of aliphatic hydroxyl groups excluding tert-OH is 1. The molecule has 0 aliphatic rings. The van der Waals surface area contributed by atoms with E-state index >= 15 is 0 Å². The van der Waals surface area contributed by atoms with Crippen LogP contribution in [-0.2, 0) is 6.61 Å². The molecule has 0 heterocycles.